The highest BCUT2D eigenvalue weighted by Crippen LogP contribution is 2.44. The van der Waals surface area contributed by atoms with E-state index in [9.17, 15) is 36.3 Å². The van der Waals surface area contributed by atoms with Crippen molar-refractivity contribution in [1.82, 2.24) is 9.78 Å². The maximum Gasteiger partial charge on any atom is 0.427 e. The van der Waals surface area contributed by atoms with Gasteiger partial charge in [0.25, 0.3) is 10.0 Å². The highest BCUT2D eigenvalue weighted by molar-refractivity contribution is 7.93. The summed E-state index contributed by atoms with van der Waals surface area (Å²) in [5.41, 5.74) is -3.84. The lowest BCUT2D eigenvalue weighted by Crippen LogP contribution is -2.52. The summed E-state index contributed by atoms with van der Waals surface area (Å²) in [6.07, 6.45) is -5.09. The Balaban J connectivity index is 2.08. The molecular formula is C25H31ClF3N3O7S. The zero-order chi connectivity index (χ0) is 30.4. The minimum absolute atomic E-state index is 0.00224. The zero-order valence-corrected chi connectivity index (χ0v) is 24.3. The van der Waals surface area contributed by atoms with Crippen molar-refractivity contribution in [2.45, 2.75) is 89.7 Å². The Bertz CT molecular complexity index is 1410. The number of halogens is 4. The van der Waals surface area contributed by atoms with Gasteiger partial charge in [0.1, 0.15) is 16.7 Å². The van der Waals surface area contributed by atoms with Crippen LogP contribution in [0.5, 0.6) is 5.75 Å². The second kappa shape index (κ2) is 10.8. The molecule has 1 aromatic heterocycles. The molecule has 0 spiro atoms. The zero-order valence-electron chi connectivity index (χ0n) is 22.7. The van der Waals surface area contributed by atoms with Crippen LogP contribution in [-0.2, 0) is 37.3 Å². The van der Waals surface area contributed by atoms with Crippen LogP contribution >= 0.6 is 11.6 Å². The minimum Gasteiger partial charge on any atom is -0.486 e. The van der Waals surface area contributed by atoms with Crippen molar-refractivity contribution in [2.24, 2.45) is 5.41 Å². The summed E-state index contributed by atoms with van der Waals surface area (Å²) in [4.78, 5) is 23.9. The summed E-state index contributed by atoms with van der Waals surface area (Å²) in [5.74, 6) is -2.21. The number of rotatable bonds is 9. The van der Waals surface area contributed by atoms with Gasteiger partial charge < -0.3 is 14.6 Å². The molecule has 0 fully saturated rings. The van der Waals surface area contributed by atoms with E-state index in [1.807, 2.05) is 0 Å². The number of carbonyl (C=O) groups excluding carboxylic acids is 1. The first-order valence-corrected chi connectivity index (χ1v) is 14.1. The van der Waals surface area contributed by atoms with Crippen LogP contribution in [0.4, 0.5) is 18.9 Å². The summed E-state index contributed by atoms with van der Waals surface area (Å²) >= 11 is 6.19. The van der Waals surface area contributed by atoms with Crippen LogP contribution in [0.15, 0.2) is 29.3 Å². The number of sulfonamides is 1. The number of hydrogen-bond acceptors (Lipinski definition) is 7. The normalized spacial score (nSPS) is 18.2. The van der Waals surface area contributed by atoms with E-state index in [0.717, 1.165) is 18.2 Å². The fourth-order valence-corrected chi connectivity index (χ4v) is 6.23. The Morgan fingerprint density at radius 1 is 1.20 bits per heavy atom. The van der Waals surface area contributed by atoms with Gasteiger partial charge in [0, 0.05) is 19.2 Å². The second-order valence-electron chi connectivity index (χ2n) is 10.7. The number of ether oxygens (including phenoxy) is 2. The van der Waals surface area contributed by atoms with Crippen LogP contribution in [0, 0.1) is 5.41 Å². The fourth-order valence-electron chi connectivity index (χ4n) is 4.09. The third-order valence-corrected chi connectivity index (χ3v) is 8.98. The molecule has 2 atom stereocenters. The highest BCUT2D eigenvalue weighted by atomic mass is 35.5. The van der Waals surface area contributed by atoms with E-state index >= 15 is 0 Å². The van der Waals surface area contributed by atoms with Gasteiger partial charge >= 0.3 is 18.1 Å². The van der Waals surface area contributed by atoms with Gasteiger partial charge in [-0.2, -0.15) is 18.3 Å². The SMILES string of the molecule is CCn1cc(S(=O)(=O)N2c3cc(CC(=O)OC(C)(C)C(F)(F)F)ccc3O[C@@H](CC(C)(C)C(=O)O)[C@H]2C)c(Cl)n1. The predicted octanol–water partition coefficient (Wildman–Crippen LogP) is 4.83. The molecule has 40 heavy (non-hydrogen) atoms. The molecule has 222 valence electrons. The molecule has 1 N–H and O–H groups in total. The molecule has 0 bridgehead atoms. The number of hydrogen-bond donors (Lipinski definition) is 1. The van der Waals surface area contributed by atoms with E-state index in [4.69, 9.17) is 16.3 Å². The summed E-state index contributed by atoms with van der Waals surface area (Å²) in [7, 11) is -4.42. The Labute approximate surface area is 235 Å². The summed E-state index contributed by atoms with van der Waals surface area (Å²) in [6.45, 7) is 8.02. The Morgan fingerprint density at radius 2 is 1.82 bits per heavy atom. The average molecular weight is 610 g/mol. The van der Waals surface area contributed by atoms with Crippen LogP contribution in [0.25, 0.3) is 0 Å². The predicted molar refractivity (Wildman–Crippen MR) is 139 cm³/mol. The van der Waals surface area contributed by atoms with Gasteiger partial charge in [-0.15, -0.1) is 0 Å². The number of benzene rings is 1. The number of aliphatic carboxylic acids is 1. The van der Waals surface area contributed by atoms with Gasteiger partial charge in [-0.25, -0.2) is 8.42 Å². The molecule has 0 radical (unpaired) electrons. The van der Waals surface area contributed by atoms with Gasteiger partial charge in [-0.05, 0) is 59.2 Å². The maximum atomic E-state index is 14.0. The van der Waals surface area contributed by atoms with Crippen LogP contribution < -0.4 is 9.04 Å². The van der Waals surface area contributed by atoms with Gasteiger partial charge in [0.15, 0.2) is 5.15 Å². The van der Waals surface area contributed by atoms with E-state index in [2.05, 4.69) is 9.84 Å². The van der Waals surface area contributed by atoms with Crippen LogP contribution in [0.3, 0.4) is 0 Å². The number of carbonyl (C=O) groups is 2. The number of alkyl halides is 3. The quantitative estimate of drug-likeness (QED) is 0.401. The molecule has 1 aromatic carbocycles. The topological polar surface area (TPSA) is 128 Å². The number of esters is 1. The van der Waals surface area contributed by atoms with E-state index < -0.39 is 57.7 Å². The molecule has 3 rings (SSSR count). The number of anilines is 1. The van der Waals surface area contributed by atoms with Crippen molar-refractivity contribution in [3.8, 4) is 5.75 Å². The molecule has 1 aliphatic heterocycles. The lowest BCUT2D eigenvalue weighted by atomic mass is 9.84. The van der Waals surface area contributed by atoms with Crippen LogP contribution in [-0.4, -0.2) is 59.2 Å². The molecular weight excluding hydrogens is 579 g/mol. The summed E-state index contributed by atoms with van der Waals surface area (Å²) in [5, 5.41) is 13.4. The first-order chi connectivity index (χ1) is 18.2. The van der Waals surface area contributed by atoms with Crippen molar-refractivity contribution in [1.29, 1.82) is 0 Å². The molecule has 2 aromatic rings. The number of aromatic nitrogens is 2. The van der Waals surface area contributed by atoms with E-state index in [1.54, 1.807) is 6.92 Å². The van der Waals surface area contributed by atoms with Crippen molar-refractivity contribution < 1.29 is 45.8 Å². The minimum atomic E-state index is -4.80. The van der Waals surface area contributed by atoms with Gasteiger partial charge in [0.05, 0.1) is 23.6 Å². The molecule has 10 nitrogen and oxygen atoms in total. The molecule has 0 amide bonds. The maximum absolute atomic E-state index is 14.0. The lowest BCUT2D eigenvalue weighted by Gasteiger charge is -2.42. The van der Waals surface area contributed by atoms with Crippen molar-refractivity contribution in [3.05, 3.63) is 35.1 Å². The van der Waals surface area contributed by atoms with Crippen LogP contribution in [0.1, 0.15) is 53.5 Å². The second-order valence-corrected chi connectivity index (χ2v) is 12.8. The standard InChI is InChI=1S/C25H31ClF3N3O7S/c1-7-31-13-19(21(26)30-31)40(36,37)32-14(2)18(12-23(3,4)22(34)35)38-17-9-8-15(10-16(17)32)11-20(33)39-24(5,6)25(27,28)29/h8-10,13-14,18H,7,11-12H2,1-6H3,(H,34,35)/t14-,18+/m1/s1. The summed E-state index contributed by atoms with van der Waals surface area (Å²) in [6, 6.07) is 3.12. The van der Waals surface area contributed by atoms with Gasteiger partial charge in [-0.3, -0.25) is 18.6 Å². The van der Waals surface area contributed by atoms with Gasteiger partial charge in [-0.1, -0.05) is 17.7 Å². The Kier molecular flexibility index (Phi) is 8.49. The fraction of sp³-hybridized carbons (Fsp3) is 0.560. The number of carboxylic acids is 1. The molecule has 15 heteroatoms. The molecule has 0 aliphatic carbocycles. The average Bonchev–Trinajstić information content (AvgIpc) is 3.20. The Hall–Kier alpha value is -3.00. The summed E-state index contributed by atoms with van der Waals surface area (Å²) < 4.78 is 80.6. The number of nitrogens with zero attached hydrogens (tertiary/aromatic N) is 3. The first kappa shape index (κ1) is 31.5. The molecule has 0 saturated heterocycles. The largest absolute Gasteiger partial charge is 0.486 e. The van der Waals surface area contributed by atoms with E-state index in [-0.39, 0.29) is 33.5 Å². The van der Waals surface area contributed by atoms with Crippen molar-refractivity contribution >= 4 is 39.3 Å². The first-order valence-electron chi connectivity index (χ1n) is 12.3. The Morgan fingerprint density at radius 3 is 2.35 bits per heavy atom. The lowest BCUT2D eigenvalue weighted by molar-refractivity contribution is -0.257. The van der Waals surface area contributed by atoms with Gasteiger partial charge in [0.2, 0.25) is 5.60 Å². The molecule has 0 unspecified atom stereocenters. The monoisotopic (exact) mass is 609 g/mol. The molecule has 0 saturated carbocycles. The molecule has 1 aliphatic rings. The van der Waals surface area contributed by atoms with Crippen LogP contribution in [0.2, 0.25) is 5.15 Å². The number of carboxylic acid groups (broad SMARTS) is 1. The highest BCUT2D eigenvalue weighted by Gasteiger charge is 2.51. The van der Waals surface area contributed by atoms with E-state index in [1.165, 1.54) is 49.8 Å². The number of aryl methyl sites for hydroxylation is 1. The third-order valence-electron chi connectivity index (χ3n) is 6.68. The van der Waals surface area contributed by atoms with E-state index in [0.29, 0.717) is 6.54 Å². The molecule has 2 heterocycles. The van der Waals surface area contributed by atoms with Crippen molar-refractivity contribution in [3.63, 3.8) is 0 Å². The number of fused-ring (bicyclic) bond motifs is 1. The van der Waals surface area contributed by atoms with Crippen molar-refractivity contribution in [2.75, 3.05) is 4.31 Å². The smallest absolute Gasteiger partial charge is 0.427 e. The third kappa shape index (κ3) is 6.17.